The van der Waals surface area contributed by atoms with E-state index in [2.05, 4.69) is 10.1 Å². The van der Waals surface area contributed by atoms with Crippen LogP contribution in [0.25, 0.3) is 0 Å². The zero-order valence-corrected chi connectivity index (χ0v) is 15.2. The number of hydrogen-bond donors (Lipinski definition) is 1. The molecule has 0 saturated heterocycles. The van der Waals surface area contributed by atoms with Gasteiger partial charge in [0.2, 0.25) is 11.8 Å². The van der Waals surface area contributed by atoms with Gasteiger partial charge in [-0.2, -0.15) is 0 Å². The summed E-state index contributed by atoms with van der Waals surface area (Å²) in [6, 6.07) is 13.3. The number of carbonyl (C=O) groups is 3. The van der Waals surface area contributed by atoms with E-state index in [1.54, 1.807) is 42.5 Å². The van der Waals surface area contributed by atoms with Gasteiger partial charge in [0.25, 0.3) is 0 Å². The molecule has 0 aromatic heterocycles. The Bertz CT molecular complexity index is 823. The number of halogens is 1. The first-order valence-electron chi connectivity index (χ1n) is 7.92. The molecule has 0 atom stereocenters. The molecule has 0 aliphatic heterocycles. The van der Waals surface area contributed by atoms with Gasteiger partial charge in [-0.05, 0) is 36.4 Å². The Hall–Kier alpha value is -2.86. The van der Waals surface area contributed by atoms with E-state index in [0.29, 0.717) is 22.0 Å². The number of ether oxygens (including phenoxy) is 1. The van der Waals surface area contributed by atoms with Gasteiger partial charge in [0, 0.05) is 36.3 Å². The van der Waals surface area contributed by atoms with Gasteiger partial charge in [0.15, 0.2) is 0 Å². The summed E-state index contributed by atoms with van der Waals surface area (Å²) < 4.78 is 4.65. The first-order chi connectivity index (χ1) is 12.4. The van der Waals surface area contributed by atoms with Gasteiger partial charge in [0.05, 0.1) is 12.7 Å². The van der Waals surface area contributed by atoms with E-state index in [1.165, 1.54) is 25.0 Å². The van der Waals surface area contributed by atoms with Crippen LogP contribution in [0.3, 0.4) is 0 Å². The smallest absolute Gasteiger partial charge is 0.337 e. The third-order valence-electron chi connectivity index (χ3n) is 3.63. The summed E-state index contributed by atoms with van der Waals surface area (Å²) in [5.41, 5.74) is 1.45. The van der Waals surface area contributed by atoms with E-state index in [9.17, 15) is 14.4 Å². The van der Waals surface area contributed by atoms with Crippen molar-refractivity contribution in [2.45, 2.75) is 13.3 Å². The maximum atomic E-state index is 12.2. The molecule has 0 heterocycles. The Kier molecular flexibility index (Phi) is 6.74. The average molecular weight is 375 g/mol. The lowest BCUT2D eigenvalue weighted by atomic mass is 10.2. The Balaban J connectivity index is 2.01. The van der Waals surface area contributed by atoms with Crippen molar-refractivity contribution in [3.8, 4) is 0 Å². The van der Waals surface area contributed by atoms with Crippen LogP contribution in [0.15, 0.2) is 48.5 Å². The zero-order chi connectivity index (χ0) is 19.1. The monoisotopic (exact) mass is 374 g/mol. The molecule has 0 saturated carbocycles. The Morgan fingerprint density at radius 1 is 1.12 bits per heavy atom. The molecule has 2 rings (SSSR count). The highest BCUT2D eigenvalue weighted by atomic mass is 35.5. The summed E-state index contributed by atoms with van der Waals surface area (Å²) in [5.74, 6) is -0.946. The van der Waals surface area contributed by atoms with Crippen molar-refractivity contribution in [2.75, 3.05) is 23.9 Å². The van der Waals surface area contributed by atoms with E-state index in [4.69, 9.17) is 11.6 Å². The van der Waals surface area contributed by atoms with Crippen molar-refractivity contribution in [3.63, 3.8) is 0 Å². The van der Waals surface area contributed by atoms with E-state index in [-0.39, 0.29) is 24.8 Å². The fraction of sp³-hybridized carbons (Fsp3) is 0.211. The summed E-state index contributed by atoms with van der Waals surface area (Å²) in [5, 5.41) is 3.22. The van der Waals surface area contributed by atoms with Gasteiger partial charge in [-0.25, -0.2) is 4.79 Å². The molecule has 26 heavy (non-hydrogen) atoms. The Labute approximate surface area is 156 Å². The van der Waals surface area contributed by atoms with E-state index in [1.807, 2.05) is 0 Å². The van der Waals surface area contributed by atoms with Crippen LogP contribution in [0.2, 0.25) is 5.02 Å². The van der Waals surface area contributed by atoms with Gasteiger partial charge in [-0.15, -0.1) is 0 Å². The van der Waals surface area contributed by atoms with E-state index >= 15 is 0 Å². The fourth-order valence-electron chi connectivity index (χ4n) is 2.39. The number of hydrogen-bond acceptors (Lipinski definition) is 4. The maximum absolute atomic E-state index is 12.2. The van der Waals surface area contributed by atoms with Crippen molar-refractivity contribution < 1.29 is 19.1 Å². The van der Waals surface area contributed by atoms with Crippen LogP contribution < -0.4 is 10.2 Å². The lowest BCUT2D eigenvalue weighted by molar-refractivity contribution is -0.117. The molecule has 0 unspecified atom stereocenters. The molecule has 0 spiro atoms. The molecule has 7 heteroatoms. The predicted octanol–water partition coefficient (Wildman–Crippen LogP) is 3.51. The molecule has 2 aromatic carbocycles. The molecule has 0 aliphatic carbocycles. The molecular weight excluding hydrogens is 356 g/mol. The number of methoxy groups -OCH3 is 1. The number of rotatable bonds is 6. The Morgan fingerprint density at radius 3 is 2.50 bits per heavy atom. The number of nitrogens with zero attached hydrogens (tertiary/aromatic N) is 1. The lowest BCUT2D eigenvalue weighted by Gasteiger charge is -2.21. The molecule has 0 bridgehead atoms. The van der Waals surface area contributed by atoms with Crippen molar-refractivity contribution in [1.29, 1.82) is 0 Å². The molecule has 0 fully saturated rings. The Morgan fingerprint density at radius 2 is 1.85 bits per heavy atom. The zero-order valence-electron chi connectivity index (χ0n) is 14.5. The summed E-state index contributed by atoms with van der Waals surface area (Å²) in [7, 11) is 1.29. The van der Waals surface area contributed by atoms with Crippen molar-refractivity contribution >= 4 is 40.8 Å². The largest absolute Gasteiger partial charge is 0.465 e. The molecule has 0 aliphatic rings. The van der Waals surface area contributed by atoms with Gasteiger partial charge < -0.3 is 15.0 Å². The van der Waals surface area contributed by atoms with Crippen LogP contribution >= 0.6 is 11.6 Å². The van der Waals surface area contributed by atoms with Gasteiger partial charge in [-0.1, -0.05) is 23.7 Å². The average Bonchev–Trinajstić information content (AvgIpc) is 2.61. The standard InChI is InChI=1S/C19H19ClN2O4/c1-13(23)22(17-8-4-6-15(20)12-17)10-9-18(24)21-16-7-3-5-14(11-16)19(25)26-2/h3-8,11-12H,9-10H2,1-2H3,(H,21,24). The quantitative estimate of drug-likeness (QED) is 0.785. The van der Waals surface area contributed by atoms with Gasteiger partial charge in [-0.3, -0.25) is 9.59 Å². The van der Waals surface area contributed by atoms with E-state index in [0.717, 1.165) is 0 Å². The molecule has 136 valence electrons. The van der Waals surface area contributed by atoms with Crippen molar-refractivity contribution in [3.05, 3.63) is 59.1 Å². The molecule has 0 radical (unpaired) electrons. The first kappa shape index (κ1) is 19.5. The van der Waals surface area contributed by atoms with E-state index < -0.39 is 5.97 Å². The van der Waals surface area contributed by atoms with Crippen molar-refractivity contribution in [2.24, 2.45) is 0 Å². The topological polar surface area (TPSA) is 75.7 Å². The second-order valence-electron chi connectivity index (χ2n) is 5.52. The number of nitrogens with one attached hydrogen (secondary N) is 1. The van der Waals surface area contributed by atoms with Crippen LogP contribution in [-0.2, 0) is 14.3 Å². The summed E-state index contributed by atoms with van der Waals surface area (Å²) in [6.07, 6.45) is 0.0918. The van der Waals surface area contributed by atoms with Gasteiger partial charge in [0.1, 0.15) is 0 Å². The third-order valence-corrected chi connectivity index (χ3v) is 3.86. The number of carbonyl (C=O) groups excluding carboxylic acids is 3. The minimum absolute atomic E-state index is 0.0918. The maximum Gasteiger partial charge on any atom is 0.337 e. The highest BCUT2D eigenvalue weighted by molar-refractivity contribution is 6.30. The van der Waals surface area contributed by atoms with Crippen molar-refractivity contribution in [1.82, 2.24) is 0 Å². The summed E-state index contributed by atoms with van der Waals surface area (Å²) in [4.78, 5) is 37.1. The number of benzene rings is 2. The molecular formula is C19H19ClN2O4. The lowest BCUT2D eigenvalue weighted by Crippen LogP contribution is -2.31. The first-order valence-corrected chi connectivity index (χ1v) is 8.30. The van der Waals surface area contributed by atoms with Crippen LogP contribution in [0.4, 0.5) is 11.4 Å². The summed E-state index contributed by atoms with van der Waals surface area (Å²) in [6.45, 7) is 1.64. The van der Waals surface area contributed by atoms with Crippen LogP contribution in [0.5, 0.6) is 0 Å². The fourth-order valence-corrected chi connectivity index (χ4v) is 2.58. The second kappa shape index (κ2) is 9.01. The minimum atomic E-state index is -0.482. The number of esters is 1. The SMILES string of the molecule is COC(=O)c1cccc(NC(=O)CCN(C(C)=O)c2cccc(Cl)c2)c1. The summed E-state index contributed by atoms with van der Waals surface area (Å²) >= 11 is 5.96. The minimum Gasteiger partial charge on any atom is -0.465 e. The highest BCUT2D eigenvalue weighted by Crippen LogP contribution is 2.20. The third kappa shape index (κ3) is 5.32. The second-order valence-corrected chi connectivity index (χ2v) is 5.96. The highest BCUT2D eigenvalue weighted by Gasteiger charge is 2.14. The predicted molar refractivity (Wildman–Crippen MR) is 101 cm³/mol. The molecule has 6 nitrogen and oxygen atoms in total. The van der Waals surface area contributed by atoms with Gasteiger partial charge >= 0.3 is 5.97 Å². The van der Waals surface area contributed by atoms with Crippen LogP contribution in [-0.4, -0.2) is 31.4 Å². The number of anilines is 2. The number of amides is 2. The molecule has 1 N–H and O–H groups in total. The molecule has 2 amide bonds. The molecule has 2 aromatic rings. The van der Waals surface area contributed by atoms with Crippen LogP contribution in [0, 0.1) is 0 Å². The van der Waals surface area contributed by atoms with Crippen LogP contribution in [0.1, 0.15) is 23.7 Å². The normalized spacial score (nSPS) is 10.1.